The van der Waals surface area contributed by atoms with E-state index in [9.17, 15) is 5.11 Å². The van der Waals surface area contributed by atoms with Gasteiger partial charge in [0.05, 0.1) is 26.9 Å². The molecule has 5 nitrogen and oxygen atoms in total. The first-order chi connectivity index (χ1) is 9.21. The van der Waals surface area contributed by atoms with Crippen molar-refractivity contribution in [2.75, 3.05) is 41.0 Å². The summed E-state index contributed by atoms with van der Waals surface area (Å²) in [6, 6.07) is 5.87. The highest BCUT2D eigenvalue weighted by molar-refractivity contribution is 5.42. The predicted molar refractivity (Wildman–Crippen MR) is 74.0 cm³/mol. The van der Waals surface area contributed by atoms with E-state index in [1.54, 1.807) is 21.3 Å². The van der Waals surface area contributed by atoms with Crippen LogP contribution in [-0.2, 0) is 11.2 Å². The van der Waals surface area contributed by atoms with Crippen LogP contribution < -0.4 is 14.8 Å². The van der Waals surface area contributed by atoms with Gasteiger partial charge in [-0.3, -0.25) is 0 Å². The maximum absolute atomic E-state index is 9.47. The van der Waals surface area contributed by atoms with Crippen molar-refractivity contribution in [1.82, 2.24) is 5.32 Å². The van der Waals surface area contributed by atoms with Gasteiger partial charge >= 0.3 is 0 Å². The minimum Gasteiger partial charge on any atom is -0.493 e. The smallest absolute Gasteiger partial charge is 0.160 e. The van der Waals surface area contributed by atoms with Crippen LogP contribution in [0, 0.1) is 0 Å². The molecule has 5 heteroatoms. The molecule has 0 radical (unpaired) electrons. The van der Waals surface area contributed by atoms with Crippen LogP contribution in [0.15, 0.2) is 18.2 Å². The highest BCUT2D eigenvalue weighted by Crippen LogP contribution is 2.27. The highest BCUT2D eigenvalue weighted by Gasteiger charge is 2.05. The monoisotopic (exact) mass is 269 g/mol. The van der Waals surface area contributed by atoms with Crippen LogP contribution in [0.5, 0.6) is 11.5 Å². The Balaban J connectivity index is 2.37. The fourth-order valence-corrected chi connectivity index (χ4v) is 1.79. The molecular weight excluding hydrogens is 246 g/mol. The number of ether oxygens (including phenoxy) is 3. The SMILES string of the molecule is COCC(O)CNCCc1ccc(OC)c(OC)c1. The number of rotatable bonds is 9. The van der Waals surface area contributed by atoms with Gasteiger partial charge in [0.1, 0.15) is 0 Å². The average molecular weight is 269 g/mol. The number of aliphatic hydroxyl groups excluding tert-OH is 1. The van der Waals surface area contributed by atoms with Crippen LogP contribution in [0.2, 0.25) is 0 Å². The van der Waals surface area contributed by atoms with Crippen LogP contribution in [0.25, 0.3) is 0 Å². The summed E-state index contributed by atoms with van der Waals surface area (Å²) < 4.78 is 15.3. The molecule has 0 bridgehead atoms. The van der Waals surface area contributed by atoms with Crippen molar-refractivity contribution in [3.63, 3.8) is 0 Å². The van der Waals surface area contributed by atoms with Crippen LogP contribution in [-0.4, -0.2) is 52.2 Å². The molecule has 0 saturated carbocycles. The third-order valence-corrected chi connectivity index (χ3v) is 2.78. The van der Waals surface area contributed by atoms with Crippen molar-refractivity contribution in [1.29, 1.82) is 0 Å². The molecule has 1 rings (SSSR count). The first-order valence-corrected chi connectivity index (χ1v) is 6.30. The normalized spacial score (nSPS) is 12.2. The Hall–Kier alpha value is -1.30. The fourth-order valence-electron chi connectivity index (χ4n) is 1.79. The summed E-state index contributed by atoms with van der Waals surface area (Å²) in [6.07, 6.45) is 0.399. The zero-order valence-corrected chi connectivity index (χ0v) is 11.8. The van der Waals surface area contributed by atoms with E-state index in [0.717, 1.165) is 30.0 Å². The first kappa shape index (κ1) is 15.8. The minimum atomic E-state index is -0.463. The van der Waals surface area contributed by atoms with Gasteiger partial charge in [0.2, 0.25) is 0 Å². The maximum Gasteiger partial charge on any atom is 0.160 e. The van der Waals surface area contributed by atoms with E-state index >= 15 is 0 Å². The van der Waals surface area contributed by atoms with Crippen molar-refractivity contribution in [2.24, 2.45) is 0 Å². The Kier molecular flexibility index (Phi) is 7.25. The lowest BCUT2D eigenvalue weighted by molar-refractivity contribution is 0.0648. The van der Waals surface area contributed by atoms with E-state index in [4.69, 9.17) is 14.2 Å². The third kappa shape index (κ3) is 5.46. The number of methoxy groups -OCH3 is 3. The summed E-state index contributed by atoms with van der Waals surface area (Å²) in [5.74, 6) is 1.47. The molecule has 0 aliphatic carbocycles. The fraction of sp³-hybridized carbons (Fsp3) is 0.571. The number of aliphatic hydroxyl groups is 1. The van der Waals surface area contributed by atoms with Crippen LogP contribution >= 0.6 is 0 Å². The predicted octanol–water partition coefficient (Wildman–Crippen LogP) is 0.843. The molecule has 19 heavy (non-hydrogen) atoms. The van der Waals surface area contributed by atoms with Gasteiger partial charge in [-0.25, -0.2) is 0 Å². The van der Waals surface area contributed by atoms with Gasteiger partial charge in [0.15, 0.2) is 11.5 Å². The second-order valence-electron chi connectivity index (χ2n) is 4.25. The number of benzene rings is 1. The lowest BCUT2D eigenvalue weighted by atomic mass is 10.1. The number of hydrogen-bond acceptors (Lipinski definition) is 5. The Morgan fingerprint density at radius 1 is 1.16 bits per heavy atom. The van der Waals surface area contributed by atoms with Gasteiger partial charge in [-0.15, -0.1) is 0 Å². The molecule has 108 valence electrons. The summed E-state index contributed by atoms with van der Waals surface area (Å²) in [4.78, 5) is 0. The van der Waals surface area contributed by atoms with Crippen molar-refractivity contribution in [3.05, 3.63) is 23.8 Å². The molecule has 1 aromatic rings. The van der Waals surface area contributed by atoms with E-state index in [2.05, 4.69) is 5.32 Å². The van der Waals surface area contributed by atoms with E-state index in [-0.39, 0.29) is 0 Å². The van der Waals surface area contributed by atoms with Crippen molar-refractivity contribution < 1.29 is 19.3 Å². The Morgan fingerprint density at radius 3 is 2.53 bits per heavy atom. The van der Waals surface area contributed by atoms with E-state index < -0.39 is 6.10 Å². The number of nitrogens with one attached hydrogen (secondary N) is 1. The van der Waals surface area contributed by atoms with Gasteiger partial charge < -0.3 is 24.6 Å². The average Bonchev–Trinajstić information content (AvgIpc) is 2.43. The molecule has 1 atom stereocenters. The van der Waals surface area contributed by atoms with E-state index in [0.29, 0.717) is 13.2 Å². The first-order valence-electron chi connectivity index (χ1n) is 6.30. The van der Waals surface area contributed by atoms with Gasteiger partial charge in [0.25, 0.3) is 0 Å². The summed E-state index contributed by atoms with van der Waals surface area (Å²) in [7, 11) is 4.82. The maximum atomic E-state index is 9.47. The van der Waals surface area contributed by atoms with E-state index in [1.165, 1.54) is 0 Å². The van der Waals surface area contributed by atoms with Gasteiger partial charge in [-0.2, -0.15) is 0 Å². The van der Waals surface area contributed by atoms with E-state index in [1.807, 2.05) is 18.2 Å². The molecule has 1 aromatic carbocycles. The van der Waals surface area contributed by atoms with Gasteiger partial charge in [-0.05, 0) is 30.7 Å². The Morgan fingerprint density at radius 2 is 1.89 bits per heavy atom. The molecule has 0 heterocycles. The second-order valence-corrected chi connectivity index (χ2v) is 4.25. The second kappa shape index (κ2) is 8.74. The Labute approximate surface area is 114 Å². The van der Waals surface area contributed by atoms with Crippen molar-refractivity contribution in [2.45, 2.75) is 12.5 Å². The quantitative estimate of drug-likeness (QED) is 0.651. The lowest BCUT2D eigenvalue weighted by Crippen LogP contribution is -2.31. The zero-order valence-electron chi connectivity index (χ0n) is 11.8. The molecule has 0 amide bonds. The van der Waals surface area contributed by atoms with Crippen molar-refractivity contribution in [3.8, 4) is 11.5 Å². The topological polar surface area (TPSA) is 60.0 Å². The molecule has 0 spiro atoms. The molecule has 1 unspecified atom stereocenters. The van der Waals surface area contributed by atoms with Gasteiger partial charge in [-0.1, -0.05) is 6.07 Å². The summed E-state index contributed by atoms with van der Waals surface area (Å²) in [5.41, 5.74) is 1.16. The van der Waals surface area contributed by atoms with Crippen molar-refractivity contribution >= 4 is 0 Å². The Bertz CT molecular complexity index is 370. The molecular formula is C14H23NO4. The number of hydrogen-bond donors (Lipinski definition) is 2. The minimum absolute atomic E-state index is 0.351. The largest absolute Gasteiger partial charge is 0.493 e. The zero-order chi connectivity index (χ0) is 14.1. The molecule has 2 N–H and O–H groups in total. The summed E-state index contributed by atoms with van der Waals surface area (Å²) in [5, 5.41) is 12.7. The molecule has 0 aliphatic rings. The summed E-state index contributed by atoms with van der Waals surface area (Å²) in [6.45, 7) is 1.67. The summed E-state index contributed by atoms with van der Waals surface area (Å²) >= 11 is 0. The highest BCUT2D eigenvalue weighted by atomic mass is 16.5. The lowest BCUT2D eigenvalue weighted by Gasteiger charge is -2.12. The molecule has 0 saturated heterocycles. The van der Waals surface area contributed by atoms with Crippen LogP contribution in [0.1, 0.15) is 5.56 Å². The molecule has 0 aliphatic heterocycles. The third-order valence-electron chi connectivity index (χ3n) is 2.78. The van der Waals surface area contributed by atoms with Gasteiger partial charge in [0, 0.05) is 13.7 Å². The van der Waals surface area contributed by atoms with Crippen LogP contribution in [0.3, 0.4) is 0 Å². The van der Waals surface area contributed by atoms with Crippen LogP contribution in [0.4, 0.5) is 0 Å². The standard InChI is InChI=1S/C14H23NO4/c1-17-10-12(16)9-15-7-6-11-4-5-13(18-2)14(8-11)19-3/h4-5,8,12,15-16H,6-7,9-10H2,1-3H3. The molecule has 0 fully saturated rings. The molecule has 0 aromatic heterocycles.